The fraction of sp³-hybridized carbons (Fsp3) is 0. The van der Waals surface area contributed by atoms with Gasteiger partial charge in [0.1, 0.15) is 11.6 Å². The molecule has 0 aliphatic heterocycles. The third-order valence-electron chi connectivity index (χ3n) is 2.33. The highest BCUT2D eigenvalue weighted by atomic mass is 32.1. The predicted molar refractivity (Wildman–Crippen MR) is 72.7 cm³/mol. The maximum atomic E-state index is 13.3. The zero-order valence-electron chi connectivity index (χ0n) is 9.65. The van der Waals surface area contributed by atoms with Gasteiger partial charge in [-0.3, -0.25) is 0 Å². The van der Waals surface area contributed by atoms with Gasteiger partial charge in [-0.25, -0.2) is 13.6 Å². The van der Waals surface area contributed by atoms with Crippen molar-refractivity contribution in [1.82, 2.24) is 0 Å². The molecule has 0 atom stereocenters. The van der Waals surface area contributed by atoms with Crippen LogP contribution in [0.5, 0.6) is 0 Å². The highest BCUT2D eigenvalue weighted by Crippen LogP contribution is 2.20. The summed E-state index contributed by atoms with van der Waals surface area (Å²) in [7, 11) is 0. The van der Waals surface area contributed by atoms with Crippen LogP contribution in [0, 0.1) is 11.6 Å². The van der Waals surface area contributed by atoms with Gasteiger partial charge in [-0.15, -0.1) is 12.6 Å². The van der Waals surface area contributed by atoms with Crippen molar-refractivity contribution in [2.75, 3.05) is 10.6 Å². The quantitative estimate of drug-likeness (QED) is 0.717. The fourth-order valence-electron chi connectivity index (χ4n) is 1.45. The van der Waals surface area contributed by atoms with Crippen molar-refractivity contribution < 1.29 is 13.6 Å². The van der Waals surface area contributed by atoms with Crippen LogP contribution in [0.1, 0.15) is 0 Å². The van der Waals surface area contributed by atoms with Crippen molar-refractivity contribution >= 4 is 30.0 Å². The molecule has 2 aromatic rings. The summed E-state index contributed by atoms with van der Waals surface area (Å²) in [6.45, 7) is 0. The van der Waals surface area contributed by atoms with E-state index in [-0.39, 0.29) is 5.69 Å². The van der Waals surface area contributed by atoms with Crippen molar-refractivity contribution in [2.45, 2.75) is 4.90 Å². The number of carbonyl (C=O) groups excluding carboxylic acids is 1. The molecule has 2 rings (SSSR count). The van der Waals surface area contributed by atoms with E-state index in [9.17, 15) is 13.6 Å². The summed E-state index contributed by atoms with van der Waals surface area (Å²) in [6.07, 6.45) is 0. The van der Waals surface area contributed by atoms with Crippen molar-refractivity contribution in [2.24, 2.45) is 0 Å². The van der Waals surface area contributed by atoms with Gasteiger partial charge in [-0.05, 0) is 24.3 Å². The van der Waals surface area contributed by atoms with Gasteiger partial charge < -0.3 is 10.6 Å². The average Bonchev–Trinajstić information content (AvgIpc) is 2.37. The van der Waals surface area contributed by atoms with Crippen molar-refractivity contribution in [3.63, 3.8) is 0 Å². The molecule has 0 saturated heterocycles. The number of hydrogen-bond acceptors (Lipinski definition) is 2. The minimum atomic E-state index is -0.712. The molecular formula is C13H10F2N2OS. The second-order valence-electron chi connectivity index (χ2n) is 3.72. The molecule has 0 fully saturated rings. The van der Waals surface area contributed by atoms with Crippen LogP contribution in [-0.4, -0.2) is 6.03 Å². The molecule has 0 aliphatic rings. The number of para-hydroxylation sites is 1. The van der Waals surface area contributed by atoms with Gasteiger partial charge in [0.25, 0.3) is 0 Å². The third kappa shape index (κ3) is 3.45. The normalized spacial score (nSPS) is 10.1. The predicted octanol–water partition coefficient (Wildman–Crippen LogP) is 3.90. The lowest BCUT2D eigenvalue weighted by Gasteiger charge is -2.09. The maximum Gasteiger partial charge on any atom is 0.323 e. The molecule has 6 heteroatoms. The number of amides is 2. The molecule has 0 bridgehead atoms. The number of nitrogens with one attached hydrogen (secondary N) is 2. The maximum absolute atomic E-state index is 13.3. The molecule has 0 spiro atoms. The molecule has 0 unspecified atom stereocenters. The topological polar surface area (TPSA) is 41.1 Å². The highest BCUT2D eigenvalue weighted by molar-refractivity contribution is 7.80. The van der Waals surface area contributed by atoms with E-state index in [0.717, 1.165) is 18.2 Å². The standard InChI is InChI=1S/C13H10F2N2OS/c14-8-5-6-9(15)11(7-8)17-13(18)16-10-3-1-2-4-12(10)19/h1-7,19H,(H2,16,17,18). The molecule has 2 amide bonds. The van der Waals surface area contributed by atoms with Gasteiger partial charge in [-0.1, -0.05) is 12.1 Å². The van der Waals surface area contributed by atoms with Crippen LogP contribution in [0.2, 0.25) is 0 Å². The monoisotopic (exact) mass is 280 g/mol. The summed E-state index contributed by atoms with van der Waals surface area (Å²) in [5.41, 5.74) is 0.245. The number of hydrogen-bond donors (Lipinski definition) is 3. The van der Waals surface area contributed by atoms with E-state index < -0.39 is 17.7 Å². The van der Waals surface area contributed by atoms with E-state index in [1.54, 1.807) is 24.3 Å². The van der Waals surface area contributed by atoms with Gasteiger partial charge in [0, 0.05) is 11.0 Å². The van der Waals surface area contributed by atoms with Crippen LogP contribution in [-0.2, 0) is 0 Å². The summed E-state index contributed by atoms with van der Waals surface area (Å²) in [4.78, 5) is 12.2. The van der Waals surface area contributed by atoms with Crippen molar-refractivity contribution in [1.29, 1.82) is 0 Å². The number of thiol groups is 1. The molecule has 2 N–H and O–H groups in total. The minimum absolute atomic E-state index is 0.228. The summed E-state index contributed by atoms with van der Waals surface area (Å²) in [5.74, 6) is -1.35. The average molecular weight is 280 g/mol. The van der Waals surface area contributed by atoms with Gasteiger partial charge in [0.15, 0.2) is 0 Å². The van der Waals surface area contributed by atoms with E-state index in [1.807, 2.05) is 0 Å². The number of benzene rings is 2. The van der Waals surface area contributed by atoms with Crippen LogP contribution in [0.15, 0.2) is 47.4 Å². The third-order valence-corrected chi connectivity index (χ3v) is 2.72. The Morgan fingerprint density at radius 2 is 1.68 bits per heavy atom. The second kappa shape index (κ2) is 5.71. The number of rotatable bonds is 2. The Morgan fingerprint density at radius 1 is 1.00 bits per heavy atom. The number of anilines is 2. The first-order valence-corrected chi connectivity index (χ1v) is 5.82. The smallest absolute Gasteiger partial charge is 0.307 e. The summed E-state index contributed by atoms with van der Waals surface area (Å²) >= 11 is 4.16. The molecular weight excluding hydrogens is 270 g/mol. The summed E-state index contributed by atoms with van der Waals surface area (Å²) in [6, 6.07) is 8.97. The van der Waals surface area contributed by atoms with Crippen LogP contribution in [0.25, 0.3) is 0 Å². The largest absolute Gasteiger partial charge is 0.323 e. The molecule has 0 heterocycles. The van der Waals surface area contributed by atoms with Crippen LogP contribution < -0.4 is 10.6 Å². The van der Waals surface area contributed by atoms with Crippen LogP contribution >= 0.6 is 12.6 Å². The Balaban J connectivity index is 2.10. The highest BCUT2D eigenvalue weighted by Gasteiger charge is 2.09. The Kier molecular flexibility index (Phi) is 4.01. The Hall–Kier alpha value is -2.08. The van der Waals surface area contributed by atoms with Crippen molar-refractivity contribution in [3.05, 3.63) is 54.1 Å². The number of halogens is 2. The van der Waals surface area contributed by atoms with Gasteiger partial charge in [0.2, 0.25) is 0 Å². The van der Waals surface area contributed by atoms with E-state index in [0.29, 0.717) is 10.6 Å². The van der Waals surface area contributed by atoms with Crippen molar-refractivity contribution in [3.8, 4) is 0 Å². The lowest BCUT2D eigenvalue weighted by atomic mass is 10.3. The van der Waals surface area contributed by atoms with E-state index in [2.05, 4.69) is 23.3 Å². The second-order valence-corrected chi connectivity index (χ2v) is 4.20. The number of carbonyl (C=O) groups is 1. The fourth-order valence-corrected chi connectivity index (χ4v) is 1.67. The molecule has 19 heavy (non-hydrogen) atoms. The molecule has 0 aliphatic carbocycles. The van der Waals surface area contributed by atoms with E-state index >= 15 is 0 Å². The van der Waals surface area contributed by atoms with Gasteiger partial charge in [-0.2, -0.15) is 0 Å². The molecule has 0 aromatic heterocycles. The van der Waals surface area contributed by atoms with Crippen LogP contribution in [0.3, 0.4) is 0 Å². The first-order chi connectivity index (χ1) is 9.06. The Labute approximate surface area is 114 Å². The summed E-state index contributed by atoms with van der Waals surface area (Å²) in [5, 5.41) is 4.72. The lowest BCUT2D eigenvalue weighted by molar-refractivity contribution is 0.262. The van der Waals surface area contributed by atoms with Crippen LogP contribution in [0.4, 0.5) is 25.0 Å². The molecule has 2 aromatic carbocycles. The lowest BCUT2D eigenvalue weighted by Crippen LogP contribution is -2.20. The SMILES string of the molecule is O=C(Nc1cc(F)ccc1F)Nc1ccccc1S. The van der Waals surface area contributed by atoms with E-state index in [1.165, 1.54) is 0 Å². The molecule has 3 nitrogen and oxygen atoms in total. The first-order valence-electron chi connectivity index (χ1n) is 5.37. The molecule has 0 radical (unpaired) electrons. The van der Waals surface area contributed by atoms with Gasteiger partial charge >= 0.3 is 6.03 Å². The first kappa shape index (κ1) is 13.4. The Morgan fingerprint density at radius 3 is 2.42 bits per heavy atom. The molecule has 98 valence electrons. The minimum Gasteiger partial charge on any atom is -0.307 e. The Bertz CT molecular complexity index is 619. The van der Waals surface area contributed by atoms with E-state index in [4.69, 9.17) is 0 Å². The molecule has 0 saturated carbocycles. The van der Waals surface area contributed by atoms with Gasteiger partial charge in [0.05, 0.1) is 11.4 Å². The number of urea groups is 1. The zero-order valence-corrected chi connectivity index (χ0v) is 10.5. The summed E-state index contributed by atoms with van der Waals surface area (Å²) < 4.78 is 26.3. The zero-order chi connectivity index (χ0) is 13.8.